The van der Waals surface area contributed by atoms with Gasteiger partial charge < -0.3 is 9.47 Å². The van der Waals surface area contributed by atoms with E-state index in [0.29, 0.717) is 17.3 Å². The van der Waals surface area contributed by atoms with Crippen molar-refractivity contribution in [3.05, 3.63) is 35.7 Å². The average molecular weight is 287 g/mol. The lowest BCUT2D eigenvalue weighted by molar-refractivity contribution is 0.397. The first-order chi connectivity index (χ1) is 9.83. The Morgan fingerprint density at radius 1 is 1.05 bits per heavy atom. The molecule has 0 unspecified atom stereocenters. The second-order valence-corrected chi connectivity index (χ2v) is 4.97. The van der Waals surface area contributed by atoms with Crippen molar-refractivity contribution in [2.45, 2.75) is 0 Å². The van der Waals surface area contributed by atoms with Crippen LogP contribution in [0.25, 0.3) is 22.1 Å². The largest absolute Gasteiger partial charge is 0.496 e. The third-order valence-corrected chi connectivity index (χ3v) is 3.77. The van der Waals surface area contributed by atoms with Crippen molar-refractivity contribution < 1.29 is 9.47 Å². The van der Waals surface area contributed by atoms with E-state index in [4.69, 9.17) is 9.47 Å². The molecule has 0 aliphatic rings. The van der Waals surface area contributed by atoms with E-state index >= 15 is 0 Å². The summed E-state index contributed by atoms with van der Waals surface area (Å²) in [6, 6.07) is 9.56. The number of H-pyrrole nitrogens is 1. The number of methoxy groups -OCH3 is 2. The Balaban J connectivity index is 2.10. The Morgan fingerprint density at radius 3 is 2.40 bits per heavy atom. The average Bonchev–Trinajstić information content (AvgIpc) is 3.16. The number of aromatic nitrogens is 3. The van der Waals surface area contributed by atoms with Gasteiger partial charge in [0.2, 0.25) is 0 Å². The molecule has 2 aromatic heterocycles. The maximum absolute atomic E-state index is 5.37. The predicted molar refractivity (Wildman–Crippen MR) is 78.2 cm³/mol. The number of ether oxygens (including phenoxy) is 2. The van der Waals surface area contributed by atoms with Crippen LogP contribution < -0.4 is 9.47 Å². The first kappa shape index (κ1) is 12.7. The fraction of sp³-hybridized carbons (Fsp3) is 0.143. The van der Waals surface area contributed by atoms with Crippen molar-refractivity contribution in [3.8, 4) is 33.6 Å². The number of nitrogens with zero attached hydrogens (tertiary/aromatic N) is 2. The van der Waals surface area contributed by atoms with Crippen LogP contribution in [0.4, 0.5) is 0 Å². The Bertz CT molecular complexity index is 685. The molecule has 0 saturated carbocycles. The van der Waals surface area contributed by atoms with Crippen LogP contribution in [0.15, 0.2) is 35.7 Å². The fourth-order valence-electron chi connectivity index (χ4n) is 1.97. The van der Waals surface area contributed by atoms with E-state index in [0.717, 1.165) is 16.3 Å². The van der Waals surface area contributed by atoms with Gasteiger partial charge in [-0.05, 0) is 23.6 Å². The number of thiophene rings is 1. The number of nitrogens with one attached hydrogen (secondary N) is 1. The number of aromatic amines is 1. The maximum atomic E-state index is 5.37. The molecule has 0 radical (unpaired) electrons. The highest BCUT2D eigenvalue weighted by molar-refractivity contribution is 7.13. The molecular weight excluding hydrogens is 274 g/mol. The van der Waals surface area contributed by atoms with Crippen LogP contribution in [0.3, 0.4) is 0 Å². The van der Waals surface area contributed by atoms with E-state index in [2.05, 4.69) is 15.2 Å². The molecule has 20 heavy (non-hydrogen) atoms. The topological polar surface area (TPSA) is 60.0 Å². The second kappa shape index (κ2) is 5.34. The molecule has 0 amide bonds. The standard InChI is InChI=1S/C14H13N3O2S/c1-18-9-5-3-6-10(19-2)12(9)14-15-13(16-17-14)11-7-4-8-20-11/h3-8H,1-2H3,(H,15,16,17). The molecule has 0 bridgehead atoms. The quantitative estimate of drug-likeness (QED) is 0.800. The molecule has 1 aromatic carbocycles. The van der Waals surface area contributed by atoms with E-state index in [1.54, 1.807) is 25.6 Å². The Hall–Kier alpha value is -2.34. The van der Waals surface area contributed by atoms with Gasteiger partial charge in [0, 0.05) is 0 Å². The summed E-state index contributed by atoms with van der Waals surface area (Å²) in [6.45, 7) is 0. The van der Waals surface area contributed by atoms with Crippen molar-refractivity contribution >= 4 is 11.3 Å². The molecule has 0 atom stereocenters. The monoisotopic (exact) mass is 287 g/mol. The lowest BCUT2D eigenvalue weighted by Gasteiger charge is -2.09. The van der Waals surface area contributed by atoms with Crippen LogP contribution >= 0.6 is 11.3 Å². The minimum Gasteiger partial charge on any atom is -0.496 e. The molecule has 0 aliphatic carbocycles. The van der Waals surface area contributed by atoms with Crippen LogP contribution in [0, 0.1) is 0 Å². The van der Waals surface area contributed by atoms with Gasteiger partial charge in [-0.2, -0.15) is 5.10 Å². The summed E-state index contributed by atoms with van der Waals surface area (Å²) in [4.78, 5) is 5.56. The zero-order valence-corrected chi connectivity index (χ0v) is 11.9. The zero-order chi connectivity index (χ0) is 13.9. The fourth-order valence-corrected chi connectivity index (χ4v) is 2.63. The zero-order valence-electron chi connectivity index (χ0n) is 11.1. The van der Waals surface area contributed by atoms with Crippen molar-refractivity contribution in [3.63, 3.8) is 0 Å². The number of rotatable bonds is 4. The molecule has 102 valence electrons. The number of hydrogen-bond acceptors (Lipinski definition) is 5. The summed E-state index contributed by atoms with van der Waals surface area (Å²) < 4.78 is 10.7. The Morgan fingerprint density at radius 2 is 1.80 bits per heavy atom. The molecule has 6 heteroatoms. The molecule has 3 rings (SSSR count). The van der Waals surface area contributed by atoms with Gasteiger partial charge >= 0.3 is 0 Å². The molecule has 0 spiro atoms. The summed E-state index contributed by atoms with van der Waals surface area (Å²) >= 11 is 1.61. The summed E-state index contributed by atoms with van der Waals surface area (Å²) in [5, 5.41) is 9.22. The van der Waals surface area contributed by atoms with Gasteiger partial charge in [-0.15, -0.1) is 11.3 Å². The number of benzene rings is 1. The highest BCUT2D eigenvalue weighted by atomic mass is 32.1. The van der Waals surface area contributed by atoms with Crippen molar-refractivity contribution in [1.82, 2.24) is 15.2 Å². The van der Waals surface area contributed by atoms with Gasteiger partial charge in [0.15, 0.2) is 11.6 Å². The third-order valence-electron chi connectivity index (χ3n) is 2.89. The summed E-state index contributed by atoms with van der Waals surface area (Å²) in [7, 11) is 3.23. The minimum absolute atomic E-state index is 0.558. The molecule has 5 nitrogen and oxygen atoms in total. The van der Waals surface area contributed by atoms with Crippen LogP contribution in [0.5, 0.6) is 11.5 Å². The van der Waals surface area contributed by atoms with Gasteiger partial charge in [0.1, 0.15) is 17.1 Å². The second-order valence-electron chi connectivity index (χ2n) is 4.02. The Labute approximate surface area is 120 Å². The summed E-state index contributed by atoms with van der Waals surface area (Å²) in [5.41, 5.74) is 0.747. The van der Waals surface area contributed by atoms with Crippen molar-refractivity contribution in [2.75, 3.05) is 14.2 Å². The molecule has 1 N–H and O–H groups in total. The summed E-state index contributed by atoms with van der Waals surface area (Å²) in [5.74, 6) is 2.66. The predicted octanol–water partition coefficient (Wildman–Crippen LogP) is 3.22. The molecule has 2 heterocycles. The highest BCUT2D eigenvalue weighted by Crippen LogP contribution is 2.37. The highest BCUT2D eigenvalue weighted by Gasteiger charge is 2.17. The van der Waals surface area contributed by atoms with Crippen LogP contribution in [-0.4, -0.2) is 29.4 Å². The maximum Gasteiger partial charge on any atom is 0.189 e. The van der Waals surface area contributed by atoms with E-state index in [1.165, 1.54) is 0 Å². The first-order valence-electron chi connectivity index (χ1n) is 6.01. The Kier molecular flexibility index (Phi) is 3.39. The molecule has 0 fully saturated rings. The normalized spacial score (nSPS) is 10.5. The molecular formula is C14H13N3O2S. The van der Waals surface area contributed by atoms with Crippen molar-refractivity contribution in [2.24, 2.45) is 0 Å². The summed E-state index contributed by atoms with van der Waals surface area (Å²) in [6.07, 6.45) is 0. The lowest BCUT2D eigenvalue weighted by Crippen LogP contribution is -1.94. The molecule has 3 aromatic rings. The SMILES string of the molecule is COc1cccc(OC)c1-c1n[nH]c(-c2cccs2)n1. The third kappa shape index (κ3) is 2.14. The van der Waals surface area contributed by atoms with E-state index in [-0.39, 0.29) is 0 Å². The van der Waals surface area contributed by atoms with Gasteiger partial charge in [-0.3, -0.25) is 5.10 Å². The lowest BCUT2D eigenvalue weighted by atomic mass is 10.1. The van der Waals surface area contributed by atoms with E-state index in [1.807, 2.05) is 35.7 Å². The van der Waals surface area contributed by atoms with E-state index in [9.17, 15) is 0 Å². The van der Waals surface area contributed by atoms with Gasteiger partial charge in [-0.25, -0.2) is 4.98 Å². The number of hydrogen-bond donors (Lipinski definition) is 1. The van der Waals surface area contributed by atoms with Gasteiger partial charge in [0.25, 0.3) is 0 Å². The minimum atomic E-state index is 0.558. The van der Waals surface area contributed by atoms with Gasteiger partial charge in [-0.1, -0.05) is 12.1 Å². The van der Waals surface area contributed by atoms with Crippen LogP contribution in [0.1, 0.15) is 0 Å². The van der Waals surface area contributed by atoms with Gasteiger partial charge in [0.05, 0.1) is 19.1 Å². The molecule has 0 saturated heterocycles. The van der Waals surface area contributed by atoms with Crippen molar-refractivity contribution in [1.29, 1.82) is 0 Å². The van der Waals surface area contributed by atoms with E-state index < -0.39 is 0 Å². The smallest absolute Gasteiger partial charge is 0.189 e. The molecule has 0 aliphatic heterocycles. The first-order valence-corrected chi connectivity index (χ1v) is 6.89. The van der Waals surface area contributed by atoms with Crippen LogP contribution in [0.2, 0.25) is 0 Å². The van der Waals surface area contributed by atoms with Crippen LogP contribution in [-0.2, 0) is 0 Å².